The summed E-state index contributed by atoms with van der Waals surface area (Å²) in [5.74, 6) is 2.40. The summed E-state index contributed by atoms with van der Waals surface area (Å²) in [6.07, 6.45) is 1.09. The molecule has 0 heterocycles. The SMILES string of the molecule is CCSCC(C)NC(C)Cc1ccc(Br)cc1. The van der Waals surface area contributed by atoms with Crippen molar-refractivity contribution in [3.63, 3.8) is 0 Å². The number of nitrogens with one attached hydrogen (secondary N) is 1. The average Bonchev–Trinajstić information content (AvgIpc) is 2.29. The first-order valence-corrected chi connectivity index (χ1v) is 8.14. The molecule has 1 nitrogen and oxygen atoms in total. The predicted octanol–water partition coefficient (Wildman–Crippen LogP) is 4.11. The van der Waals surface area contributed by atoms with E-state index in [-0.39, 0.29) is 0 Å². The molecule has 1 rings (SSSR count). The largest absolute Gasteiger partial charge is 0.311 e. The maximum Gasteiger partial charge on any atom is 0.0175 e. The van der Waals surface area contributed by atoms with Crippen LogP contribution in [-0.2, 0) is 6.42 Å². The molecular formula is C14H22BrNS. The van der Waals surface area contributed by atoms with Gasteiger partial charge in [-0.2, -0.15) is 11.8 Å². The summed E-state index contributed by atoms with van der Waals surface area (Å²) in [4.78, 5) is 0. The molecule has 96 valence electrons. The van der Waals surface area contributed by atoms with Gasteiger partial charge in [0.2, 0.25) is 0 Å². The molecule has 0 amide bonds. The van der Waals surface area contributed by atoms with Gasteiger partial charge in [-0.1, -0.05) is 35.0 Å². The fourth-order valence-corrected chi connectivity index (χ4v) is 2.81. The molecule has 1 N–H and O–H groups in total. The first kappa shape index (κ1) is 15.1. The Balaban J connectivity index is 2.33. The monoisotopic (exact) mass is 315 g/mol. The maximum absolute atomic E-state index is 3.65. The molecule has 2 unspecified atom stereocenters. The Labute approximate surface area is 118 Å². The van der Waals surface area contributed by atoms with Crippen LogP contribution in [0.1, 0.15) is 26.3 Å². The molecule has 0 aliphatic rings. The molecule has 0 aliphatic carbocycles. The minimum atomic E-state index is 0.531. The lowest BCUT2D eigenvalue weighted by atomic mass is 10.1. The van der Waals surface area contributed by atoms with Crippen LogP contribution in [0, 0.1) is 0 Å². The molecule has 0 aromatic heterocycles. The molecule has 0 saturated carbocycles. The second-order valence-electron chi connectivity index (χ2n) is 4.46. The maximum atomic E-state index is 3.65. The summed E-state index contributed by atoms with van der Waals surface area (Å²) < 4.78 is 1.15. The second-order valence-corrected chi connectivity index (χ2v) is 6.69. The van der Waals surface area contributed by atoms with Crippen molar-refractivity contribution in [3.05, 3.63) is 34.3 Å². The van der Waals surface area contributed by atoms with E-state index in [2.05, 4.69) is 66.3 Å². The molecule has 0 radical (unpaired) electrons. The van der Waals surface area contributed by atoms with Crippen molar-refractivity contribution in [1.29, 1.82) is 0 Å². The van der Waals surface area contributed by atoms with Crippen LogP contribution in [0.2, 0.25) is 0 Å². The minimum absolute atomic E-state index is 0.531. The van der Waals surface area contributed by atoms with E-state index in [9.17, 15) is 0 Å². The molecular weight excluding hydrogens is 294 g/mol. The Kier molecular flexibility index (Phi) is 7.24. The third-order valence-corrected chi connectivity index (χ3v) is 4.27. The topological polar surface area (TPSA) is 12.0 Å². The first-order chi connectivity index (χ1) is 8.11. The van der Waals surface area contributed by atoms with Crippen LogP contribution in [0.3, 0.4) is 0 Å². The highest BCUT2D eigenvalue weighted by Gasteiger charge is 2.07. The van der Waals surface area contributed by atoms with Gasteiger partial charge in [0.1, 0.15) is 0 Å². The summed E-state index contributed by atoms with van der Waals surface area (Å²) in [6.45, 7) is 6.73. The lowest BCUT2D eigenvalue weighted by molar-refractivity contribution is 0.492. The fourth-order valence-electron chi connectivity index (χ4n) is 1.86. The van der Waals surface area contributed by atoms with Crippen molar-refractivity contribution in [2.75, 3.05) is 11.5 Å². The van der Waals surface area contributed by atoms with Gasteiger partial charge >= 0.3 is 0 Å². The lowest BCUT2D eigenvalue weighted by Gasteiger charge is -2.19. The van der Waals surface area contributed by atoms with Crippen LogP contribution < -0.4 is 5.32 Å². The molecule has 0 saturated heterocycles. The van der Waals surface area contributed by atoms with Crippen molar-refractivity contribution in [2.24, 2.45) is 0 Å². The van der Waals surface area contributed by atoms with Crippen LogP contribution >= 0.6 is 27.7 Å². The van der Waals surface area contributed by atoms with Gasteiger partial charge in [-0.05, 0) is 43.7 Å². The Morgan fingerprint density at radius 1 is 1.18 bits per heavy atom. The highest BCUT2D eigenvalue weighted by atomic mass is 79.9. The Hall–Kier alpha value is 0.01000. The minimum Gasteiger partial charge on any atom is -0.311 e. The molecule has 3 heteroatoms. The smallest absolute Gasteiger partial charge is 0.0175 e. The van der Waals surface area contributed by atoms with Crippen molar-refractivity contribution < 1.29 is 0 Å². The van der Waals surface area contributed by atoms with E-state index in [0.29, 0.717) is 12.1 Å². The summed E-state index contributed by atoms with van der Waals surface area (Å²) in [5, 5.41) is 3.65. The van der Waals surface area contributed by atoms with Crippen molar-refractivity contribution in [2.45, 2.75) is 39.3 Å². The van der Waals surface area contributed by atoms with Crippen molar-refractivity contribution >= 4 is 27.7 Å². The molecule has 17 heavy (non-hydrogen) atoms. The van der Waals surface area contributed by atoms with E-state index in [0.717, 1.165) is 10.9 Å². The quantitative estimate of drug-likeness (QED) is 0.812. The highest BCUT2D eigenvalue weighted by molar-refractivity contribution is 9.10. The van der Waals surface area contributed by atoms with E-state index in [1.807, 2.05) is 11.8 Å². The highest BCUT2D eigenvalue weighted by Crippen LogP contribution is 2.12. The number of hydrogen-bond acceptors (Lipinski definition) is 2. The lowest BCUT2D eigenvalue weighted by Crippen LogP contribution is -2.37. The van der Waals surface area contributed by atoms with E-state index in [1.165, 1.54) is 17.1 Å². The van der Waals surface area contributed by atoms with Gasteiger partial charge in [0.25, 0.3) is 0 Å². The molecule has 1 aromatic carbocycles. The number of thioether (sulfide) groups is 1. The molecule has 0 fully saturated rings. The summed E-state index contributed by atoms with van der Waals surface area (Å²) >= 11 is 5.46. The van der Waals surface area contributed by atoms with Crippen LogP contribution in [-0.4, -0.2) is 23.6 Å². The summed E-state index contributed by atoms with van der Waals surface area (Å²) in [7, 11) is 0. The van der Waals surface area contributed by atoms with Crippen LogP contribution in [0.4, 0.5) is 0 Å². The normalized spacial score (nSPS) is 14.6. The second kappa shape index (κ2) is 8.17. The van der Waals surface area contributed by atoms with E-state index in [4.69, 9.17) is 0 Å². The van der Waals surface area contributed by atoms with Gasteiger partial charge in [0.15, 0.2) is 0 Å². The summed E-state index contributed by atoms with van der Waals surface area (Å²) in [5.41, 5.74) is 1.39. The number of hydrogen-bond donors (Lipinski definition) is 1. The summed E-state index contributed by atoms with van der Waals surface area (Å²) in [6, 6.07) is 9.71. The van der Waals surface area contributed by atoms with E-state index in [1.54, 1.807) is 0 Å². The van der Waals surface area contributed by atoms with Crippen LogP contribution in [0.15, 0.2) is 28.7 Å². The van der Waals surface area contributed by atoms with Gasteiger partial charge in [-0.25, -0.2) is 0 Å². The molecule has 2 atom stereocenters. The molecule has 0 spiro atoms. The first-order valence-electron chi connectivity index (χ1n) is 6.20. The Morgan fingerprint density at radius 3 is 2.41 bits per heavy atom. The van der Waals surface area contributed by atoms with Crippen molar-refractivity contribution in [1.82, 2.24) is 5.32 Å². The van der Waals surface area contributed by atoms with Crippen LogP contribution in [0.5, 0.6) is 0 Å². The molecule has 0 aliphatic heterocycles. The Bertz CT molecular complexity index is 313. The Morgan fingerprint density at radius 2 is 1.82 bits per heavy atom. The zero-order valence-corrected chi connectivity index (χ0v) is 13.3. The standard InChI is InChI=1S/C14H22BrNS/c1-4-17-10-12(3)16-11(2)9-13-5-7-14(15)8-6-13/h5-8,11-12,16H,4,9-10H2,1-3H3. The number of halogens is 1. The average molecular weight is 316 g/mol. The predicted molar refractivity (Wildman–Crippen MR) is 82.9 cm³/mol. The third-order valence-electron chi connectivity index (χ3n) is 2.60. The van der Waals surface area contributed by atoms with Crippen LogP contribution in [0.25, 0.3) is 0 Å². The zero-order chi connectivity index (χ0) is 12.7. The van der Waals surface area contributed by atoms with Crippen molar-refractivity contribution in [3.8, 4) is 0 Å². The van der Waals surface area contributed by atoms with Gasteiger partial charge in [0, 0.05) is 22.3 Å². The molecule has 0 bridgehead atoms. The van der Waals surface area contributed by atoms with Gasteiger partial charge < -0.3 is 5.32 Å². The third kappa shape index (κ3) is 6.49. The van der Waals surface area contributed by atoms with E-state index < -0.39 is 0 Å². The number of rotatable bonds is 7. The van der Waals surface area contributed by atoms with Gasteiger partial charge in [0.05, 0.1) is 0 Å². The molecule has 1 aromatic rings. The zero-order valence-electron chi connectivity index (χ0n) is 10.9. The van der Waals surface area contributed by atoms with Gasteiger partial charge in [-0.3, -0.25) is 0 Å². The number of benzene rings is 1. The fraction of sp³-hybridized carbons (Fsp3) is 0.571. The van der Waals surface area contributed by atoms with Gasteiger partial charge in [-0.15, -0.1) is 0 Å². The van der Waals surface area contributed by atoms with E-state index >= 15 is 0 Å².